The van der Waals surface area contributed by atoms with E-state index in [-0.39, 0.29) is 27.6 Å². The number of ketones is 2. The van der Waals surface area contributed by atoms with Crippen LogP contribution in [0.2, 0.25) is 5.02 Å². The molecule has 1 aliphatic heterocycles. The monoisotopic (exact) mass is 489 g/mol. The van der Waals surface area contributed by atoms with E-state index in [2.05, 4.69) is 0 Å². The third kappa shape index (κ3) is 5.34. The van der Waals surface area contributed by atoms with E-state index in [0.717, 1.165) is 0 Å². The minimum absolute atomic E-state index is 0.0759. The lowest BCUT2D eigenvalue weighted by atomic mass is 9.83. The number of likely N-dealkylation sites (tertiary alicyclic amines) is 1. The van der Waals surface area contributed by atoms with Crippen molar-refractivity contribution in [2.75, 3.05) is 34.4 Å². The molecule has 0 amide bonds. The number of phenolic OH excluding ortho intramolecular Hbond substituents is 1. The van der Waals surface area contributed by atoms with Crippen LogP contribution >= 0.6 is 11.6 Å². The maximum Gasteiger partial charge on any atom is 0.302 e. The van der Waals surface area contributed by atoms with Crippen molar-refractivity contribution in [1.82, 2.24) is 4.90 Å². The highest BCUT2D eigenvalue weighted by Gasteiger charge is 2.37. The number of Topliss-reactive ketones (excluding diaryl/α,β-unsaturated/α-hetero) is 2. The topological polar surface area (TPSA) is 102 Å². The summed E-state index contributed by atoms with van der Waals surface area (Å²) in [5.74, 6) is -1.95. The van der Waals surface area contributed by atoms with Crippen LogP contribution in [-0.4, -0.2) is 68.0 Å². The number of likely N-dealkylation sites (N-methyl/N-ethyl adjacent to an activating group) is 1. The zero-order valence-electron chi connectivity index (χ0n) is 19.6. The summed E-state index contributed by atoms with van der Waals surface area (Å²) in [6.45, 7) is 2.46. The third-order valence-corrected chi connectivity index (χ3v) is 6.26. The Kier molecular flexibility index (Phi) is 8.17. The van der Waals surface area contributed by atoms with Crippen molar-refractivity contribution in [3.05, 3.63) is 52.0 Å². The molecular weight excluding hydrogens is 462 g/mol. The second-order valence-corrected chi connectivity index (χ2v) is 8.63. The van der Waals surface area contributed by atoms with E-state index in [1.54, 1.807) is 18.2 Å². The number of esters is 1. The average molecular weight is 490 g/mol. The van der Waals surface area contributed by atoms with E-state index in [4.69, 9.17) is 25.8 Å². The van der Waals surface area contributed by atoms with Crippen LogP contribution in [-0.2, 0) is 9.53 Å². The van der Waals surface area contributed by atoms with Crippen molar-refractivity contribution in [3.63, 3.8) is 0 Å². The van der Waals surface area contributed by atoms with Crippen LogP contribution < -0.4 is 9.47 Å². The first kappa shape index (κ1) is 25.5. The van der Waals surface area contributed by atoms with Gasteiger partial charge in [0.15, 0.2) is 11.6 Å². The normalized spacial score (nSPS) is 18.3. The number of methoxy groups -OCH3 is 2. The quantitative estimate of drug-likeness (QED) is 0.338. The highest BCUT2D eigenvalue weighted by Crippen LogP contribution is 2.46. The first-order valence-corrected chi connectivity index (χ1v) is 11.2. The van der Waals surface area contributed by atoms with Crippen molar-refractivity contribution in [2.24, 2.45) is 0 Å². The fourth-order valence-corrected chi connectivity index (χ4v) is 4.59. The van der Waals surface area contributed by atoms with Crippen molar-refractivity contribution in [1.29, 1.82) is 0 Å². The van der Waals surface area contributed by atoms with Gasteiger partial charge in [-0.15, -0.1) is 0 Å². The number of rotatable bonds is 8. The van der Waals surface area contributed by atoms with Gasteiger partial charge < -0.3 is 24.2 Å². The van der Waals surface area contributed by atoms with Crippen LogP contribution in [0.3, 0.4) is 0 Å². The SMILES string of the molecule is COc1cc(OC)c([C@@H]2CCN(C)C[C@H]2OC(C)=O)c(O)c1C(=O)CC(=O)c1ccccc1Cl. The predicted octanol–water partition coefficient (Wildman–Crippen LogP) is 3.87. The van der Waals surface area contributed by atoms with Gasteiger partial charge in [-0.25, -0.2) is 0 Å². The summed E-state index contributed by atoms with van der Waals surface area (Å²) in [6.07, 6.45) is -0.519. The number of aromatic hydroxyl groups is 1. The molecule has 0 unspecified atom stereocenters. The van der Waals surface area contributed by atoms with Crippen LogP contribution in [0.4, 0.5) is 0 Å². The Bertz CT molecular complexity index is 1100. The summed E-state index contributed by atoms with van der Waals surface area (Å²) in [7, 11) is 4.71. The predicted molar refractivity (Wildman–Crippen MR) is 126 cm³/mol. The Balaban J connectivity index is 2.05. The molecule has 2 atom stereocenters. The van der Waals surface area contributed by atoms with Gasteiger partial charge in [-0.3, -0.25) is 14.4 Å². The lowest BCUT2D eigenvalue weighted by molar-refractivity contribution is -0.149. The highest BCUT2D eigenvalue weighted by molar-refractivity contribution is 6.34. The molecule has 3 rings (SSSR count). The standard InChI is InChI=1S/C25H28ClNO7/c1-14(28)34-22-13-27(2)10-9-16(22)23-20(32-3)12-21(33-4)24(25(23)31)19(30)11-18(29)15-7-5-6-8-17(15)26/h5-8,12,16,22,31H,9-11,13H2,1-4H3/t16-,22-/m1/s1. The molecule has 0 radical (unpaired) electrons. The molecule has 1 N–H and O–H groups in total. The summed E-state index contributed by atoms with van der Waals surface area (Å²) in [5.41, 5.74) is 0.436. The molecular formula is C25H28ClNO7. The lowest BCUT2D eigenvalue weighted by Crippen LogP contribution is -2.43. The molecule has 182 valence electrons. The van der Waals surface area contributed by atoms with Gasteiger partial charge in [-0.05, 0) is 32.1 Å². The summed E-state index contributed by atoms with van der Waals surface area (Å²) in [6, 6.07) is 7.95. The molecule has 0 aromatic heterocycles. The number of hydrogen-bond acceptors (Lipinski definition) is 8. The van der Waals surface area contributed by atoms with Gasteiger partial charge >= 0.3 is 5.97 Å². The van der Waals surface area contributed by atoms with Crippen LogP contribution in [0, 0.1) is 0 Å². The Morgan fingerprint density at radius 1 is 1.12 bits per heavy atom. The number of hydrogen-bond donors (Lipinski definition) is 1. The second kappa shape index (κ2) is 10.9. The summed E-state index contributed by atoms with van der Waals surface area (Å²) >= 11 is 6.11. The van der Waals surface area contributed by atoms with E-state index >= 15 is 0 Å². The molecule has 9 heteroatoms. The zero-order valence-corrected chi connectivity index (χ0v) is 20.3. The third-order valence-electron chi connectivity index (χ3n) is 5.93. The number of halogens is 1. The Labute approximate surface area is 203 Å². The molecule has 2 aromatic rings. The first-order valence-electron chi connectivity index (χ1n) is 10.8. The molecule has 1 heterocycles. The lowest BCUT2D eigenvalue weighted by Gasteiger charge is -2.37. The average Bonchev–Trinajstić information content (AvgIpc) is 2.78. The number of carbonyl (C=O) groups excluding carboxylic acids is 3. The van der Waals surface area contributed by atoms with Gasteiger partial charge in [0.05, 0.1) is 25.7 Å². The van der Waals surface area contributed by atoms with Crippen LogP contribution in [0.5, 0.6) is 17.2 Å². The molecule has 8 nitrogen and oxygen atoms in total. The second-order valence-electron chi connectivity index (χ2n) is 8.23. The number of phenols is 1. The fraction of sp³-hybridized carbons (Fsp3) is 0.400. The molecule has 1 aliphatic rings. The molecule has 1 fully saturated rings. The zero-order chi connectivity index (χ0) is 25.0. The van der Waals surface area contributed by atoms with Gasteiger partial charge in [0.2, 0.25) is 0 Å². The van der Waals surface area contributed by atoms with Gasteiger partial charge in [0.1, 0.15) is 28.9 Å². The highest BCUT2D eigenvalue weighted by atomic mass is 35.5. The minimum Gasteiger partial charge on any atom is -0.507 e. The molecule has 2 aromatic carbocycles. The molecule has 0 bridgehead atoms. The maximum atomic E-state index is 13.2. The van der Waals surface area contributed by atoms with Gasteiger partial charge in [0.25, 0.3) is 0 Å². The van der Waals surface area contributed by atoms with E-state index in [1.165, 1.54) is 33.3 Å². The van der Waals surface area contributed by atoms with E-state index in [1.807, 2.05) is 11.9 Å². The number of nitrogens with zero attached hydrogens (tertiary/aromatic N) is 1. The molecule has 34 heavy (non-hydrogen) atoms. The van der Waals surface area contributed by atoms with Crippen molar-refractivity contribution in [2.45, 2.75) is 31.8 Å². The summed E-state index contributed by atoms with van der Waals surface area (Å²) in [5, 5.41) is 11.6. The minimum atomic E-state index is -0.625. The summed E-state index contributed by atoms with van der Waals surface area (Å²) < 4.78 is 16.4. The van der Waals surface area contributed by atoms with E-state index in [9.17, 15) is 19.5 Å². The number of ether oxygens (including phenoxy) is 3. The molecule has 0 spiro atoms. The van der Waals surface area contributed by atoms with Gasteiger partial charge in [-0.1, -0.05) is 23.7 Å². The van der Waals surface area contributed by atoms with Crippen molar-refractivity contribution in [3.8, 4) is 17.2 Å². The van der Waals surface area contributed by atoms with Crippen LogP contribution in [0.25, 0.3) is 0 Å². The maximum absolute atomic E-state index is 13.2. The van der Waals surface area contributed by atoms with Gasteiger partial charge in [0, 0.05) is 36.6 Å². The largest absolute Gasteiger partial charge is 0.507 e. The number of carbonyl (C=O) groups is 3. The van der Waals surface area contributed by atoms with E-state index < -0.39 is 36.0 Å². The summed E-state index contributed by atoms with van der Waals surface area (Å²) in [4.78, 5) is 39.8. The first-order chi connectivity index (χ1) is 16.2. The molecule has 0 aliphatic carbocycles. The number of benzene rings is 2. The van der Waals surface area contributed by atoms with E-state index in [0.29, 0.717) is 30.8 Å². The molecule has 1 saturated heterocycles. The van der Waals surface area contributed by atoms with Crippen molar-refractivity contribution < 1.29 is 33.7 Å². The van der Waals surface area contributed by atoms with Gasteiger partial charge in [-0.2, -0.15) is 0 Å². The van der Waals surface area contributed by atoms with Crippen LogP contribution in [0.15, 0.2) is 30.3 Å². The Hall–Kier alpha value is -3.10. The Morgan fingerprint density at radius 3 is 2.41 bits per heavy atom. The fourth-order valence-electron chi connectivity index (χ4n) is 4.35. The van der Waals surface area contributed by atoms with Crippen molar-refractivity contribution >= 4 is 29.1 Å². The smallest absolute Gasteiger partial charge is 0.302 e. The molecule has 0 saturated carbocycles. The Morgan fingerprint density at radius 2 is 1.79 bits per heavy atom. The number of piperidine rings is 1. The van der Waals surface area contributed by atoms with Crippen LogP contribution in [0.1, 0.15) is 52.0 Å².